The maximum atomic E-state index is 3.58. The first-order valence-electron chi connectivity index (χ1n) is 6.88. The van der Waals surface area contributed by atoms with Crippen LogP contribution in [0.15, 0.2) is 15.9 Å². The first-order valence-corrected chi connectivity index (χ1v) is 8.49. The summed E-state index contributed by atoms with van der Waals surface area (Å²) in [5, 5.41) is 7.15. The van der Waals surface area contributed by atoms with Crippen molar-refractivity contribution in [2.75, 3.05) is 13.6 Å². The molecule has 2 N–H and O–H groups in total. The second kappa shape index (κ2) is 7.04. The summed E-state index contributed by atoms with van der Waals surface area (Å²) in [4.78, 5) is 1.41. The molecule has 0 aromatic carbocycles. The van der Waals surface area contributed by atoms with E-state index < -0.39 is 0 Å². The molecular weight excluding hydrogens is 308 g/mol. The van der Waals surface area contributed by atoms with Crippen LogP contribution < -0.4 is 10.6 Å². The molecule has 1 aliphatic rings. The number of hydrogen-bond donors (Lipinski definition) is 2. The summed E-state index contributed by atoms with van der Waals surface area (Å²) in [6.45, 7) is 2.10. The van der Waals surface area contributed by atoms with Gasteiger partial charge >= 0.3 is 0 Å². The van der Waals surface area contributed by atoms with Gasteiger partial charge in [-0.2, -0.15) is 0 Å². The highest BCUT2D eigenvalue weighted by Gasteiger charge is 2.29. The molecule has 0 saturated heterocycles. The van der Waals surface area contributed by atoms with E-state index in [1.807, 2.05) is 11.3 Å². The largest absolute Gasteiger partial charge is 0.314 e. The molecule has 102 valence electrons. The number of hydrogen-bond acceptors (Lipinski definition) is 3. The standard InChI is InChI=1S/C14H23BrN2S/c1-16-14(7-3-2-4-8-14)9-10-17-11-12-5-6-13(15)18-12/h5-6,16-17H,2-4,7-11H2,1H3. The van der Waals surface area contributed by atoms with Crippen molar-refractivity contribution < 1.29 is 0 Å². The first kappa shape index (κ1) is 14.5. The lowest BCUT2D eigenvalue weighted by Crippen LogP contribution is -2.46. The molecule has 1 saturated carbocycles. The van der Waals surface area contributed by atoms with E-state index in [4.69, 9.17) is 0 Å². The van der Waals surface area contributed by atoms with Gasteiger partial charge in [0.05, 0.1) is 3.79 Å². The molecule has 0 spiro atoms. The van der Waals surface area contributed by atoms with Crippen molar-refractivity contribution in [3.05, 3.63) is 20.8 Å². The predicted octanol–water partition coefficient (Wildman–Crippen LogP) is 3.91. The van der Waals surface area contributed by atoms with E-state index in [-0.39, 0.29) is 0 Å². The first-order chi connectivity index (χ1) is 8.74. The van der Waals surface area contributed by atoms with Gasteiger partial charge in [0.15, 0.2) is 0 Å². The maximum absolute atomic E-state index is 3.58. The highest BCUT2D eigenvalue weighted by Crippen LogP contribution is 2.30. The quantitative estimate of drug-likeness (QED) is 0.772. The van der Waals surface area contributed by atoms with Crippen LogP contribution in [-0.4, -0.2) is 19.1 Å². The van der Waals surface area contributed by atoms with Gasteiger partial charge in [0.1, 0.15) is 0 Å². The fraction of sp³-hybridized carbons (Fsp3) is 0.714. The number of halogens is 1. The Kier molecular flexibility index (Phi) is 5.67. The minimum Gasteiger partial charge on any atom is -0.314 e. The van der Waals surface area contributed by atoms with Gasteiger partial charge in [-0.15, -0.1) is 11.3 Å². The van der Waals surface area contributed by atoms with Crippen LogP contribution in [0, 0.1) is 0 Å². The van der Waals surface area contributed by atoms with E-state index in [0.717, 1.165) is 13.1 Å². The van der Waals surface area contributed by atoms with Gasteiger partial charge in [-0.1, -0.05) is 19.3 Å². The second-order valence-electron chi connectivity index (χ2n) is 5.22. The molecule has 1 aromatic rings. The van der Waals surface area contributed by atoms with Crippen LogP contribution in [0.3, 0.4) is 0 Å². The van der Waals surface area contributed by atoms with Crippen molar-refractivity contribution in [1.82, 2.24) is 10.6 Å². The van der Waals surface area contributed by atoms with E-state index in [9.17, 15) is 0 Å². The summed E-state index contributed by atoms with van der Waals surface area (Å²) in [7, 11) is 2.13. The molecule has 0 bridgehead atoms. The van der Waals surface area contributed by atoms with Crippen molar-refractivity contribution in [3.8, 4) is 0 Å². The van der Waals surface area contributed by atoms with Crippen molar-refractivity contribution >= 4 is 27.3 Å². The molecule has 4 heteroatoms. The minimum atomic E-state index is 0.404. The van der Waals surface area contributed by atoms with Crippen molar-refractivity contribution in [2.24, 2.45) is 0 Å². The van der Waals surface area contributed by atoms with Crippen LogP contribution >= 0.6 is 27.3 Å². The van der Waals surface area contributed by atoms with E-state index in [0.29, 0.717) is 5.54 Å². The average Bonchev–Trinajstić information content (AvgIpc) is 2.82. The number of rotatable bonds is 6. The van der Waals surface area contributed by atoms with E-state index in [1.165, 1.54) is 47.2 Å². The maximum Gasteiger partial charge on any atom is 0.0701 e. The number of nitrogens with one attached hydrogen (secondary N) is 2. The lowest BCUT2D eigenvalue weighted by Gasteiger charge is -2.37. The lowest BCUT2D eigenvalue weighted by molar-refractivity contribution is 0.228. The molecule has 0 aliphatic heterocycles. The molecule has 2 rings (SSSR count). The minimum absolute atomic E-state index is 0.404. The number of thiophene rings is 1. The van der Waals surface area contributed by atoms with Crippen LogP contribution in [0.25, 0.3) is 0 Å². The van der Waals surface area contributed by atoms with Gasteiger partial charge in [0.2, 0.25) is 0 Å². The summed E-state index contributed by atoms with van der Waals surface area (Å²) in [5.74, 6) is 0. The Morgan fingerprint density at radius 1 is 1.28 bits per heavy atom. The Morgan fingerprint density at radius 2 is 2.06 bits per heavy atom. The molecule has 0 atom stereocenters. The van der Waals surface area contributed by atoms with Gasteiger partial charge in [-0.25, -0.2) is 0 Å². The van der Waals surface area contributed by atoms with Crippen LogP contribution in [0.4, 0.5) is 0 Å². The lowest BCUT2D eigenvalue weighted by atomic mass is 9.79. The Balaban J connectivity index is 1.70. The summed E-state index contributed by atoms with van der Waals surface area (Å²) in [6.07, 6.45) is 8.12. The zero-order chi connectivity index (χ0) is 12.8. The Bertz CT molecular complexity index is 358. The Morgan fingerprint density at radius 3 is 2.67 bits per heavy atom. The van der Waals surface area contributed by atoms with Crippen LogP contribution in [0.2, 0.25) is 0 Å². The van der Waals surface area contributed by atoms with Crippen molar-refractivity contribution in [1.29, 1.82) is 0 Å². The Hall–Kier alpha value is 0.1000. The van der Waals surface area contributed by atoms with Crippen LogP contribution in [0.5, 0.6) is 0 Å². The normalized spacial score (nSPS) is 19.0. The molecule has 1 heterocycles. The van der Waals surface area contributed by atoms with Gasteiger partial charge in [-0.05, 0) is 60.9 Å². The predicted molar refractivity (Wildman–Crippen MR) is 83.2 cm³/mol. The fourth-order valence-corrected chi connectivity index (χ4v) is 4.29. The second-order valence-corrected chi connectivity index (χ2v) is 7.77. The summed E-state index contributed by atoms with van der Waals surface area (Å²) < 4.78 is 1.22. The third-order valence-electron chi connectivity index (χ3n) is 4.05. The average molecular weight is 331 g/mol. The zero-order valence-corrected chi connectivity index (χ0v) is 13.5. The molecule has 18 heavy (non-hydrogen) atoms. The summed E-state index contributed by atoms with van der Waals surface area (Å²) >= 11 is 5.32. The molecule has 0 radical (unpaired) electrons. The molecule has 0 unspecified atom stereocenters. The van der Waals surface area contributed by atoms with E-state index in [1.54, 1.807) is 0 Å². The van der Waals surface area contributed by atoms with Gasteiger partial charge < -0.3 is 10.6 Å². The molecular formula is C14H23BrN2S. The van der Waals surface area contributed by atoms with E-state index >= 15 is 0 Å². The highest BCUT2D eigenvalue weighted by molar-refractivity contribution is 9.11. The molecule has 0 amide bonds. The molecule has 1 aliphatic carbocycles. The molecule has 1 fully saturated rings. The molecule has 2 nitrogen and oxygen atoms in total. The smallest absolute Gasteiger partial charge is 0.0701 e. The summed E-state index contributed by atoms with van der Waals surface area (Å²) in [5.41, 5.74) is 0.404. The third-order valence-corrected chi connectivity index (χ3v) is 5.67. The Labute approximate surface area is 123 Å². The topological polar surface area (TPSA) is 24.1 Å². The van der Waals surface area contributed by atoms with Gasteiger partial charge in [-0.3, -0.25) is 0 Å². The van der Waals surface area contributed by atoms with Crippen LogP contribution in [0.1, 0.15) is 43.4 Å². The zero-order valence-electron chi connectivity index (χ0n) is 11.1. The van der Waals surface area contributed by atoms with Gasteiger partial charge in [0.25, 0.3) is 0 Å². The van der Waals surface area contributed by atoms with Crippen LogP contribution in [-0.2, 0) is 6.54 Å². The highest BCUT2D eigenvalue weighted by atomic mass is 79.9. The fourth-order valence-electron chi connectivity index (χ4n) is 2.84. The van der Waals surface area contributed by atoms with Crippen molar-refractivity contribution in [3.63, 3.8) is 0 Å². The third kappa shape index (κ3) is 4.05. The van der Waals surface area contributed by atoms with Gasteiger partial charge in [0, 0.05) is 17.0 Å². The molecule has 1 aromatic heterocycles. The van der Waals surface area contributed by atoms with E-state index in [2.05, 4.69) is 45.7 Å². The summed E-state index contributed by atoms with van der Waals surface area (Å²) in [6, 6.07) is 4.31. The van der Waals surface area contributed by atoms with Crippen molar-refractivity contribution in [2.45, 2.75) is 50.6 Å². The monoisotopic (exact) mass is 330 g/mol. The SMILES string of the molecule is CNC1(CCNCc2ccc(Br)s2)CCCCC1.